The second-order valence-corrected chi connectivity index (χ2v) is 8.49. The molecule has 4 rings (SSSR count). The average Bonchev–Trinajstić information content (AvgIpc) is 3.27. The molecule has 2 aromatic carbocycles. The predicted molar refractivity (Wildman–Crippen MR) is 111 cm³/mol. The molecule has 2 heterocycles. The molecule has 0 aliphatic rings. The van der Waals surface area contributed by atoms with E-state index in [4.69, 9.17) is 0 Å². The van der Waals surface area contributed by atoms with Gasteiger partial charge in [-0.15, -0.1) is 0 Å². The minimum Gasteiger partial charge on any atom is -0.395 e. The number of aliphatic hydroxyl groups is 1. The van der Waals surface area contributed by atoms with E-state index in [9.17, 15) is 18.3 Å². The van der Waals surface area contributed by atoms with Crippen LogP contribution in [0, 0.1) is 0 Å². The summed E-state index contributed by atoms with van der Waals surface area (Å²) in [5.41, 5.74) is 0.520. The van der Waals surface area contributed by atoms with Crippen LogP contribution in [0.3, 0.4) is 0 Å². The summed E-state index contributed by atoms with van der Waals surface area (Å²) in [4.78, 5) is 13.1. The van der Waals surface area contributed by atoms with Crippen LogP contribution in [0.1, 0.15) is 5.69 Å². The number of anilines is 1. The molecule has 0 spiro atoms. The first-order chi connectivity index (χ1) is 14.5. The molecule has 10 heteroatoms. The summed E-state index contributed by atoms with van der Waals surface area (Å²) in [6, 6.07) is 12.7. The van der Waals surface area contributed by atoms with Crippen LogP contribution in [0.5, 0.6) is 0 Å². The van der Waals surface area contributed by atoms with Gasteiger partial charge in [0.1, 0.15) is 0 Å². The quantitative estimate of drug-likeness (QED) is 0.408. The van der Waals surface area contributed by atoms with E-state index < -0.39 is 9.84 Å². The Morgan fingerprint density at radius 1 is 1.13 bits per heavy atom. The molecule has 0 unspecified atom stereocenters. The zero-order valence-corrected chi connectivity index (χ0v) is 16.6. The van der Waals surface area contributed by atoms with Crippen LogP contribution in [-0.2, 0) is 16.4 Å². The summed E-state index contributed by atoms with van der Waals surface area (Å²) in [6.45, 7) is 0.125. The van der Waals surface area contributed by atoms with E-state index >= 15 is 0 Å². The molecule has 30 heavy (non-hydrogen) atoms. The Morgan fingerprint density at radius 2 is 1.93 bits per heavy atom. The van der Waals surface area contributed by atoms with Gasteiger partial charge in [0, 0.05) is 18.1 Å². The maximum absolute atomic E-state index is 13.2. The molecule has 9 nitrogen and oxygen atoms in total. The summed E-state index contributed by atoms with van der Waals surface area (Å²) in [7, 11) is -3.85. The molecule has 0 saturated carbocycles. The second kappa shape index (κ2) is 8.09. The molecule has 154 valence electrons. The minimum atomic E-state index is -3.85. The summed E-state index contributed by atoms with van der Waals surface area (Å²) >= 11 is 0. The number of hydrogen-bond acceptors (Lipinski definition) is 7. The highest BCUT2D eigenvalue weighted by Gasteiger charge is 2.23. The monoisotopic (exact) mass is 425 g/mol. The van der Waals surface area contributed by atoms with Crippen LogP contribution >= 0.6 is 0 Å². The largest absolute Gasteiger partial charge is 0.395 e. The summed E-state index contributed by atoms with van der Waals surface area (Å²) in [6.07, 6.45) is 3.11. The van der Waals surface area contributed by atoms with Crippen molar-refractivity contribution < 1.29 is 13.5 Å². The van der Waals surface area contributed by atoms with Crippen molar-refractivity contribution in [1.29, 1.82) is 0 Å². The van der Waals surface area contributed by atoms with Crippen molar-refractivity contribution in [3.05, 3.63) is 77.0 Å². The second-order valence-electron chi connectivity index (χ2n) is 6.58. The molecule has 0 bridgehead atoms. The summed E-state index contributed by atoms with van der Waals surface area (Å²) in [5, 5.41) is 23.7. The molecule has 0 aliphatic carbocycles. The van der Waals surface area contributed by atoms with Crippen molar-refractivity contribution in [2.24, 2.45) is 0 Å². The fraction of sp³-hybridized carbons (Fsp3) is 0.150. The van der Waals surface area contributed by atoms with Crippen LogP contribution in [0.2, 0.25) is 0 Å². The molecular weight excluding hydrogens is 406 g/mol. The lowest BCUT2D eigenvalue weighted by atomic mass is 10.1. The van der Waals surface area contributed by atoms with Crippen LogP contribution in [0.25, 0.3) is 10.8 Å². The van der Waals surface area contributed by atoms with Gasteiger partial charge in [-0.25, -0.2) is 13.1 Å². The van der Waals surface area contributed by atoms with Gasteiger partial charge < -0.3 is 10.4 Å². The average molecular weight is 425 g/mol. The highest BCUT2D eigenvalue weighted by atomic mass is 32.2. The van der Waals surface area contributed by atoms with E-state index in [1.807, 2.05) is 0 Å². The van der Waals surface area contributed by atoms with E-state index in [1.54, 1.807) is 30.5 Å². The minimum absolute atomic E-state index is 0.0147. The molecule has 0 radical (unpaired) electrons. The van der Waals surface area contributed by atoms with Crippen LogP contribution in [0.15, 0.2) is 75.5 Å². The first kappa shape index (κ1) is 19.8. The standard InChI is InChI=1S/C20H19N5O4S/c26-9-8-21-18-11-17-14(10-19(18)30(28,29)16-4-2-1-3-5-16)12-23-25(20(17)27)13-15-6-7-22-24-15/h1-7,10-12,21,26H,8-9,13H2,(H,22,24). The zero-order chi connectivity index (χ0) is 21.1. The van der Waals surface area contributed by atoms with Crippen LogP contribution in [0.4, 0.5) is 5.69 Å². The van der Waals surface area contributed by atoms with Gasteiger partial charge >= 0.3 is 0 Å². The van der Waals surface area contributed by atoms with Gasteiger partial charge in [-0.3, -0.25) is 9.89 Å². The Labute approximate surface area is 171 Å². The number of H-pyrrole nitrogens is 1. The van der Waals surface area contributed by atoms with Crippen LogP contribution < -0.4 is 10.9 Å². The molecule has 0 fully saturated rings. The third-order valence-electron chi connectivity index (χ3n) is 4.59. The van der Waals surface area contributed by atoms with E-state index in [2.05, 4.69) is 20.6 Å². The van der Waals surface area contributed by atoms with Gasteiger partial charge in [0.25, 0.3) is 5.56 Å². The number of rotatable bonds is 7. The summed E-state index contributed by atoms with van der Waals surface area (Å²) in [5.74, 6) is 0. The molecule has 0 saturated heterocycles. The van der Waals surface area contributed by atoms with Gasteiger partial charge in [0.05, 0.1) is 45.9 Å². The number of benzene rings is 2. The van der Waals surface area contributed by atoms with Crippen molar-refractivity contribution in [3.8, 4) is 0 Å². The first-order valence-electron chi connectivity index (χ1n) is 9.18. The van der Waals surface area contributed by atoms with Gasteiger partial charge in [0.2, 0.25) is 9.84 Å². The lowest BCUT2D eigenvalue weighted by Gasteiger charge is -2.14. The van der Waals surface area contributed by atoms with Crippen LogP contribution in [-0.4, -0.2) is 46.7 Å². The highest BCUT2D eigenvalue weighted by Crippen LogP contribution is 2.30. The Hall–Kier alpha value is -3.50. The molecular formula is C20H19N5O4S. The number of aromatic amines is 1. The van der Waals surface area contributed by atoms with Crippen molar-refractivity contribution in [1.82, 2.24) is 20.0 Å². The summed E-state index contributed by atoms with van der Waals surface area (Å²) < 4.78 is 27.7. The molecule has 4 aromatic rings. The van der Waals surface area contributed by atoms with Crippen molar-refractivity contribution in [3.63, 3.8) is 0 Å². The zero-order valence-electron chi connectivity index (χ0n) is 15.8. The number of sulfone groups is 1. The molecule has 0 atom stereocenters. The van der Waals surface area contributed by atoms with E-state index in [0.717, 1.165) is 0 Å². The van der Waals surface area contributed by atoms with Crippen molar-refractivity contribution in [2.75, 3.05) is 18.5 Å². The van der Waals surface area contributed by atoms with Gasteiger partial charge in [-0.05, 0) is 30.3 Å². The topological polar surface area (TPSA) is 130 Å². The smallest absolute Gasteiger partial charge is 0.275 e. The van der Waals surface area contributed by atoms with Crippen molar-refractivity contribution >= 4 is 26.3 Å². The van der Waals surface area contributed by atoms with Crippen molar-refractivity contribution in [2.45, 2.75) is 16.3 Å². The first-order valence-corrected chi connectivity index (χ1v) is 10.7. The highest BCUT2D eigenvalue weighted by molar-refractivity contribution is 7.91. The number of aliphatic hydroxyl groups excluding tert-OH is 1. The maximum atomic E-state index is 13.2. The van der Waals surface area contributed by atoms with Gasteiger partial charge in [0.15, 0.2) is 0 Å². The SMILES string of the molecule is O=c1c2cc(NCCO)c(S(=O)(=O)c3ccccc3)cc2cnn1Cc1cc[nH]n1. The Balaban J connectivity index is 1.88. The number of hydrogen-bond donors (Lipinski definition) is 3. The third-order valence-corrected chi connectivity index (χ3v) is 6.40. The lowest BCUT2D eigenvalue weighted by molar-refractivity contribution is 0.311. The Morgan fingerprint density at radius 3 is 2.63 bits per heavy atom. The van der Waals surface area contributed by atoms with E-state index in [-0.39, 0.29) is 40.7 Å². The van der Waals surface area contributed by atoms with E-state index in [0.29, 0.717) is 16.5 Å². The predicted octanol–water partition coefficient (Wildman–Crippen LogP) is 1.40. The van der Waals surface area contributed by atoms with E-state index in [1.165, 1.54) is 35.1 Å². The fourth-order valence-electron chi connectivity index (χ4n) is 3.13. The fourth-order valence-corrected chi connectivity index (χ4v) is 4.61. The normalized spacial score (nSPS) is 11.6. The maximum Gasteiger partial charge on any atom is 0.275 e. The number of fused-ring (bicyclic) bond motifs is 1. The number of aromatic nitrogens is 4. The number of nitrogens with one attached hydrogen (secondary N) is 2. The molecule has 2 aromatic heterocycles. The van der Waals surface area contributed by atoms with Gasteiger partial charge in [-0.1, -0.05) is 18.2 Å². The third kappa shape index (κ3) is 3.70. The number of nitrogens with zero attached hydrogens (tertiary/aromatic N) is 3. The molecule has 3 N–H and O–H groups in total. The Bertz CT molecular complexity index is 1330. The molecule has 0 aliphatic heterocycles. The van der Waals surface area contributed by atoms with Gasteiger partial charge in [-0.2, -0.15) is 10.2 Å². The molecule has 0 amide bonds. The Kier molecular flexibility index (Phi) is 5.34. The lowest BCUT2D eigenvalue weighted by Crippen LogP contribution is -2.24.